The third-order valence-electron chi connectivity index (χ3n) is 3.73. The molecule has 0 aromatic heterocycles. The standard InChI is InChI=1S/C20H19N3O5/c1-13(19(25)23-17-6-4-3-5-15(17)11-21)28-18(24)12-22-20(26)14-7-9-16(27-2)10-8-14/h3-10,13H,12H2,1-2H3,(H,22,26)(H,23,25)/t13-/m1/s1. The van der Waals surface area contributed by atoms with Crippen LogP contribution in [0.2, 0.25) is 0 Å². The molecule has 2 N–H and O–H groups in total. The number of ether oxygens (including phenoxy) is 2. The summed E-state index contributed by atoms with van der Waals surface area (Å²) < 4.78 is 10.0. The van der Waals surface area contributed by atoms with E-state index in [1.54, 1.807) is 48.5 Å². The highest BCUT2D eigenvalue weighted by molar-refractivity contribution is 5.97. The van der Waals surface area contributed by atoms with Gasteiger partial charge in [0.1, 0.15) is 18.4 Å². The van der Waals surface area contributed by atoms with Gasteiger partial charge in [-0.25, -0.2) is 0 Å². The van der Waals surface area contributed by atoms with Crippen molar-refractivity contribution in [1.82, 2.24) is 5.32 Å². The van der Waals surface area contributed by atoms with Gasteiger partial charge >= 0.3 is 5.97 Å². The monoisotopic (exact) mass is 381 g/mol. The minimum Gasteiger partial charge on any atom is -0.497 e. The van der Waals surface area contributed by atoms with Crippen LogP contribution >= 0.6 is 0 Å². The predicted octanol–water partition coefficient (Wildman–Crippen LogP) is 1.87. The molecule has 0 bridgehead atoms. The van der Waals surface area contributed by atoms with Crippen molar-refractivity contribution in [3.63, 3.8) is 0 Å². The number of carbonyl (C=O) groups excluding carboxylic acids is 3. The molecule has 2 aromatic rings. The summed E-state index contributed by atoms with van der Waals surface area (Å²) in [6.45, 7) is 1.00. The summed E-state index contributed by atoms with van der Waals surface area (Å²) >= 11 is 0. The van der Waals surface area contributed by atoms with Gasteiger partial charge in [0.25, 0.3) is 11.8 Å². The zero-order valence-corrected chi connectivity index (χ0v) is 15.4. The molecule has 8 heteroatoms. The molecular formula is C20H19N3O5. The zero-order valence-electron chi connectivity index (χ0n) is 15.4. The summed E-state index contributed by atoms with van der Waals surface area (Å²) in [5.41, 5.74) is 0.972. The Morgan fingerprint density at radius 2 is 1.79 bits per heavy atom. The van der Waals surface area contributed by atoms with Gasteiger partial charge < -0.3 is 20.1 Å². The predicted molar refractivity (Wildman–Crippen MR) is 101 cm³/mol. The second kappa shape index (κ2) is 9.73. The van der Waals surface area contributed by atoms with Gasteiger partial charge in [0.2, 0.25) is 0 Å². The van der Waals surface area contributed by atoms with Crippen molar-refractivity contribution in [2.24, 2.45) is 0 Å². The van der Waals surface area contributed by atoms with Crippen LogP contribution in [0.3, 0.4) is 0 Å². The average Bonchev–Trinajstić information content (AvgIpc) is 2.72. The van der Waals surface area contributed by atoms with E-state index in [1.165, 1.54) is 14.0 Å². The van der Waals surface area contributed by atoms with E-state index in [2.05, 4.69) is 10.6 Å². The summed E-state index contributed by atoms with van der Waals surface area (Å²) in [4.78, 5) is 36.0. The van der Waals surface area contributed by atoms with Gasteiger partial charge in [-0.05, 0) is 43.3 Å². The Hall–Kier alpha value is -3.86. The highest BCUT2D eigenvalue weighted by Crippen LogP contribution is 2.14. The van der Waals surface area contributed by atoms with Crippen LogP contribution in [0.1, 0.15) is 22.8 Å². The van der Waals surface area contributed by atoms with Crippen molar-refractivity contribution >= 4 is 23.5 Å². The average molecular weight is 381 g/mol. The van der Waals surface area contributed by atoms with E-state index in [4.69, 9.17) is 14.7 Å². The maximum atomic E-state index is 12.1. The van der Waals surface area contributed by atoms with Crippen LogP contribution in [0.25, 0.3) is 0 Å². The number of benzene rings is 2. The number of nitrogens with one attached hydrogen (secondary N) is 2. The molecule has 144 valence electrons. The Labute approximate surface area is 162 Å². The number of carbonyl (C=O) groups is 3. The summed E-state index contributed by atoms with van der Waals surface area (Å²) in [7, 11) is 1.52. The van der Waals surface area contributed by atoms with Crippen LogP contribution in [-0.2, 0) is 14.3 Å². The molecule has 0 radical (unpaired) electrons. The summed E-state index contributed by atoms with van der Waals surface area (Å²) in [5, 5.41) is 14.0. The smallest absolute Gasteiger partial charge is 0.326 e. The van der Waals surface area contributed by atoms with Gasteiger partial charge in [-0.2, -0.15) is 5.26 Å². The molecule has 0 aliphatic heterocycles. The number of hydrogen-bond donors (Lipinski definition) is 2. The van der Waals surface area contributed by atoms with Crippen LogP contribution in [0, 0.1) is 11.3 Å². The minimum absolute atomic E-state index is 0.293. The lowest BCUT2D eigenvalue weighted by Crippen LogP contribution is -2.35. The molecule has 8 nitrogen and oxygen atoms in total. The zero-order chi connectivity index (χ0) is 20.5. The first-order chi connectivity index (χ1) is 13.4. The fourth-order valence-corrected chi connectivity index (χ4v) is 2.21. The molecule has 0 heterocycles. The molecule has 0 fully saturated rings. The van der Waals surface area contributed by atoms with Gasteiger partial charge in [-0.1, -0.05) is 12.1 Å². The summed E-state index contributed by atoms with van der Waals surface area (Å²) in [6, 6.07) is 14.8. The Balaban J connectivity index is 1.83. The lowest BCUT2D eigenvalue weighted by atomic mass is 10.2. The lowest BCUT2D eigenvalue weighted by molar-refractivity contribution is -0.152. The highest BCUT2D eigenvalue weighted by Gasteiger charge is 2.19. The van der Waals surface area contributed by atoms with E-state index in [1.807, 2.05) is 6.07 Å². The Morgan fingerprint density at radius 3 is 2.43 bits per heavy atom. The maximum absolute atomic E-state index is 12.1. The second-order valence-electron chi connectivity index (χ2n) is 5.69. The second-order valence-corrected chi connectivity index (χ2v) is 5.69. The summed E-state index contributed by atoms with van der Waals surface area (Å²) in [5.74, 6) is -1.20. The minimum atomic E-state index is -1.10. The topological polar surface area (TPSA) is 118 Å². The first-order valence-corrected chi connectivity index (χ1v) is 8.36. The molecule has 0 aliphatic carbocycles. The SMILES string of the molecule is COc1ccc(C(=O)NCC(=O)O[C@H](C)C(=O)Nc2ccccc2C#N)cc1. The molecule has 2 amide bonds. The lowest BCUT2D eigenvalue weighted by Gasteiger charge is -2.14. The van der Waals surface area contributed by atoms with Gasteiger partial charge in [-0.3, -0.25) is 14.4 Å². The number of rotatable bonds is 7. The van der Waals surface area contributed by atoms with Crippen molar-refractivity contribution < 1.29 is 23.9 Å². The van der Waals surface area contributed by atoms with Crippen molar-refractivity contribution in [2.45, 2.75) is 13.0 Å². The third kappa shape index (κ3) is 5.57. The van der Waals surface area contributed by atoms with E-state index < -0.39 is 30.4 Å². The van der Waals surface area contributed by atoms with Crippen LogP contribution < -0.4 is 15.4 Å². The number of anilines is 1. The first kappa shape index (κ1) is 20.5. The quantitative estimate of drug-likeness (QED) is 0.707. The van der Waals surface area contributed by atoms with Crippen LogP contribution in [0.4, 0.5) is 5.69 Å². The molecule has 2 aromatic carbocycles. The van der Waals surface area contributed by atoms with E-state index >= 15 is 0 Å². The van der Waals surface area contributed by atoms with Crippen molar-refractivity contribution in [3.05, 3.63) is 59.7 Å². The first-order valence-electron chi connectivity index (χ1n) is 8.36. The van der Waals surface area contributed by atoms with E-state index in [-0.39, 0.29) is 0 Å². The number of amides is 2. The fraction of sp³-hybridized carbons (Fsp3) is 0.200. The summed E-state index contributed by atoms with van der Waals surface area (Å²) in [6.07, 6.45) is -1.10. The molecule has 0 unspecified atom stereocenters. The van der Waals surface area contributed by atoms with Crippen molar-refractivity contribution in [2.75, 3.05) is 19.0 Å². The number of para-hydroxylation sites is 1. The number of methoxy groups -OCH3 is 1. The van der Waals surface area contributed by atoms with E-state index in [9.17, 15) is 14.4 Å². The van der Waals surface area contributed by atoms with E-state index in [0.717, 1.165) is 0 Å². The normalized spacial score (nSPS) is 10.9. The molecule has 28 heavy (non-hydrogen) atoms. The molecule has 0 saturated heterocycles. The molecule has 0 spiro atoms. The number of nitrogens with zero attached hydrogens (tertiary/aromatic N) is 1. The van der Waals surface area contributed by atoms with Crippen LogP contribution in [0.5, 0.6) is 5.75 Å². The largest absolute Gasteiger partial charge is 0.497 e. The van der Waals surface area contributed by atoms with Crippen molar-refractivity contribution in [1.29, 1.82) is 5.26 Å². The Kier molecular flexibility index (Phi) is 7.11. The molecule has 0 aliphatic rings. The number of esters is 1. The number of nitriles is 1. The van der Waals surface area contributed by atoms with Crippen molar-refractivity contribution in [3.8, 4) is 11.8 Å². The highest BCUT2D eigenvalue weighted by atomic mass is 16.5. The Morgan fingerprint density at radius 1 is 1.11 bits per heavy atom. The van der Waals surface area contributed by atoms with Crippen LogP contribution in [0.15, 0.2) is 48.5 Å². The van der Waals surface area contributed by atoms with Crippen LogP contribution in [-0.4, -0.2) is 37.5 Å². The van der Waals surface area contributed by atoms with Gasteiger partial charge in [0.05, 0.1) is 18.4 Å². The van der Waals surface area contributed by atoms with Gasteiger partial charge in [-0.15, -0.1) is 0 Å². The number of hydrogen-bond acceptors (Lipinski definition) is 6. The molecule has 0 saturated carbocycles. The maximum Gasteiger partial charge on any atom is 0.326 e. The van der Waals surface area contributed by atoms with Gasteiger partial charge in [0.15, 0.2) is 6.10 Å². The molecular weight excluding hydrogens is 362 g/mol. The molecule has 2 rings (SSSR count). The third-order valence-corrected chi connectivity index (χ3v) is 3.73. The van der Waals surface area contributed by atoms with E-state index in [0.29, 0.717) is 22.6 Å². The fourth-order valence-electron chi connectivity index (χ4n) is 2.21. The Bertz CT molecular complexity index is 903. The van der Waals surface area contributed by atoms with Gasteiger partial charge in [0, 0.05) is 5.56 Å². The molecule has 1 atom stereocenters.